The number of halogens is 1. The number of allylic oxidation sites excluding steroid dienone is 2. The maximum atomic E-state index is 16.4. The third-order valence-corrected chi connectivity index (χ3v) is 17.6. The van der Waals surface area contributed by atoms with Crippen molar-refractivity contribution >= 4 is 62.9 Å². The Labute approximate surface area is 479 Å². The Morgan fingerprint density at radius 3 is 2.24 bits per heavy atom. The van der Waals surface area contributed by atoms with E-state index in [1.54, 1.807) is 50.5 Å². The Kier molecular flexibility index (Phi) is 17.1. The van der Waals surface area contributed by atoms with Gasteiger partial charge in [0.25, 0.3) is 11.7 Å². The number of hydrazone groups is 1. The van der Waals surface area contributed by atoms with E-state index in [2.05, 4.69) is 10.2 Å². The summed E-state index contributed by atoms with van der Waals surface area (Å²) in [4.78, 5) is 71.3. The lowest BCUT2D eigenvalue weighted by molar-refractivity contribution is -0.160. The first-order valence-electron chi connectivity index (χ1n) is 28.2. The fourth-order valence-corrected chi connectivity index (χ4v) is 12.3. The molecule has 0 spiro atoms. The van der Waals surface area contributed by atoms with E-state index in [9.17, 15) is 54.6 Å². The van der Waals surface area contributed by atoms with Crippen molar-refractivity contribution in [3.63, 3.8) is 0 Å². The molecule has 4 aromatic rings. The number of ketones is 1. The third-order valence-electron chi connectivity index (χ3n) is 17.6. The second-order valence-corrected chi connectivity index (χ2v) is 23.3. The zero-order valence-electron chi connectivity index (χ0n) is 48.4. The summed E-state index contributed by atoms with van der Waals surface area (Å²) in [6.45, 7) is 14.4. The minimum absolute atomic E-state index is 0.00843. The number of phenols is 3. The van der Waals surface area contributed by atoms with Crippen LogP contribution in [0.2, 0.25) is 0 Å². The molecule has 2 saturated heterocycles. The molecule has 1 amide bonds. The number of nitrogens with zero attached hydrogens (tertiary/aromatic N) is 5. The Hall–Kier alpha value is -7.53. The predicted octanol–water partition coefficient (Wildman–Crippen LogP) is 7.25. The molecule has 5 aliphatic heterocycles. The summed E-state index contributed by atoms with van der Waals surface area (Å²) >= 11 is 0. The van der Waals surface area contributed by atoms with E-state index in [4.69, 9.17) is 24.0 Å². The number of hydrogen-bond donors (Lipinski definition) is 7. The van der Waals surface area contributed by atoms with Gasteiger partial charge in [-0.3, -0.25) is 24.2 Å². The van der Waals surface area contributed by atoms with Crippen molar-refractivity contribution in [3.8, 4) is 23.0 Å². The molecule has 22 heteroatoms. The molecule has 83 heavy (non-hydrogen) atoms. The number of fused-ring (bicyclic) bond motifs is 15. The van der Waals surface area contributed by atoms with Gasteiger partial charge in [-0.15, -0.1) is 0 Å². The zero-order chi connectivity index (χ0) is 60.3. The van der Waals surface area contributed by atoms with Crippen LogP contribution < -0.4 is 20.4 Å². The van der Waals surface area contributed by atoms with Gasteiger partial charge in [0, 0.05) is 97.9 Å². The number of piperidine rings is 1. The highest BCUT2D eigenvalue weighted by molar-refractivity contribution is 6.24. The number of Topliss-reactive ketones (excluding diaryl/α,β-unsaturated/α-hetero) is 1. The van der Waals surface area contributed by atoms with E-state index in [-0.39, 0.29) is 74.2 Å². The summed E-state index contributed by atoms with van der Waals surface area (Å²) in [6.07, 6.45) is 9.13. The molecular weight excluding hydrogens is 1080 g/mol. The maximum Gasteiger partial charge on any atom is 0.341 e. The number of aliphatic hydroxyl groups is 2. The minimum atomic E-state index is -2.15. The fraction of sp³-hybridized carbons (Fsp3) is 0.508. The summed E-state index contributed by atoms with van der Waals surface area (Å²) in [7, 11) is 3.42. The number of esters is 1. The molecule has 6 aliphatic rings. The van der Waals surface area contributed by atoms with Gasteiger partial charge in [-0.1, -0.05) is 45.9 Å². The number of carbonyl (C=O) groups is 4. The van der Waals surface area contributed by atoms with E-state index in [1.807, 2.05) is 17.0 Å². The first kappa shape index (κ1) is 60.1. The maximum absolute atomic E-state index is 16.4. The van der Waals surface area contributed by atoms with E-state index in [0.717, 1.165) is 18.9 Å². The molecule has 3 aromatic carbocycles. The molecule has 1 saturated carbocycles. The number of ether oxygens (including phenoxy) is 4. The van der Waals surface area contributed by atoms with Crippen LogP contribution in [0.5, 0.6) is 23.0 Å². The van der Waals surface area contributed by atoms with Crippen molar-refractivity contribution in [2.24, 2.45) is 28.8 Å². The van der Waals surface area contributed by atoms with Crippen LogP contribution >= 0.6 is 0 Å². The molecule has 0 radical (unpaired) electrons. The SMILES string of the molecule is CO[C@H]1C=CO[C@@]2(C)Oc3c(C)c(O)c4c(O)c(c(C=NN(C5CCN(C)CC5)C5CCN(c6cc7c(cc6F)c(=O)c(C(=O)O)cn7C6CC6)C5)c(O)c4c3C2=O)NC(=O)C(C)=CC=C[C@H](C)[C@H](O)[C@@H](C)[C@@H](O)[C@@H](C)[C@H](OC(C)=O)[C@@H]1C. The smallest absolute Gasteiger partial charge is 0.341 e. The summed E-state index contributed by atoms with van der Waals surface area (Å²) in [5.74, 6) is -11.3. The van der Waals surface area contributed by atoms with Crippen LogP contribution in [-0.2, 0) is 23.8 Å². The Morgan fingerprint density at radius 1 is 0.904 bits per heavy atom. The number of likely N-dealkylation sites (tertiary alicyclic amines) is 1. The Morgan fingerprint density at radius 2 is 1.59 bits per heavy atom. The highest BCUT2D eigenvalue weighted by atomic mass is 19.1. The summed E-state index contributed by atoms with van der Waals surface area (Å²) in [5, 5.41) is 79.2. The topological polar surface area (TPSA) is 283 Å². The van der Waals surface area contributed by atoms with Crippen molar-refractivity contribution < 1.29 is 73.2 Å². The summed E-state index contributed by atoms with van der Waals surface area (Å²) in [6, 6.07) is 2.07. The van der Waals surface area contributed by atoms with Crippen LogP contribution in [0.4, 0.5) is 15.8 Å². The van der Waals surface area contributed by atoms with Gasteiger partial charge in [0.1, 0.15) is 34.7 Å². The largest absolute Gasteiger partial charge is 0.507 e. The van der Waals surface area contributed by atoms with Gasteiger partial charge in [-0.2, -0.15) is 5.10 Å². The molecule has 1 aromatic heterocycles. The molecule has 5 bridgehead atoms. The standard InChI is InChI=1S/C61H75FN6O15/c1-29-12-11-13-30(2)59(77)64-49-40(26-63-68(37-16-20-65(9)21-17-37)38-18-22-66(27-38)44-25-43-39(24-42(44)62)53(73)41(60(78)79)28-67(43)36-14-15-36)54(74)46-47(55(49)75)52(72)34(6)57-48(46)58(76)61(8,83-57)81-23-19-45(80-10)31(3)56(82-35(7)69)33(5)51(71)32(4)50(29)70/h11-13,19,23-26,28-29,31-33,36-38,45,50-51,56,70-72,74-75H,14-18,20-22,27H2,1-10H3,(H,64,77)(H,78,79)/t29-,31+,32+,33+,38?,45-,50-,51+,56+,61-/m0/s1. The van der Waals surface area contributed by atoms with Gasteiger partial charge in [0.2, 0.25) is 5.43 Å². The normalized spacial score (nSPS) is 27.8. The summed E-state index contributed by atoms with van der Waals surface area (Å²) < 4.78 is 42.1. The number of anilines is 2. The third kappa shape index (κ3) is 11.4. The second-order valence-electron chi connectivity index (χ2n) is 23.3. The minimum Gasteiger partial charge on any atom is -0.507 e. The van der Waals surface area contributed by atoms with Crippen molar-refractivity contribution in [3.05, 3.63) is 92.8 Å². The number of methoxy groups -OCH3 is 1. The molecule has 6 heterocycles. The van der Waals surface area contributed by atoms with Crippen molar-refractivity contribution in [2.45, 2.75) is 136 Å². The van der Waals surface area contributed by atoms with Gasteiger partial charge in [-0.25, -0.2) is 9.18 Å². The van der Waals surface area contributed by atoms with Crippen LogP contribution in [0.15, 0.2) is 64.4 Å². The molecule has 21 nitrogen and oxygen atoms in total. The van der Waals surface area contributed by atoms with Gasteiger partial charge in [0.15, 0.2) is 5.75 Å². The van der Waals surface area contributed by atoms with Gasteiger partial charge in [0.05, 0.1) is 70.2 Å². The van der Waals surface area contributed by atoms with Crippen LogP contribution in [0.3, 0.4) is 0 Å². The first-order valence-corrected chi connectivity index (χ1v) is 28.2. The number of phenolic OH excluding ortho intramolecular Hbond substituents is 3. The number of nitrogens with one attached hydrogen (secondary N) is 1. The zero-order valence-corrected chi connectivity index (χ0v) is 48.4. The lowest BCUT2D eigenvalue weighted by atomic mass is 9.78. The van der Waals surface area contributed by atoms with Crippen LogP contribution in [0.1, 0.15) is 118 Å². The number of rotatable bonds is 9. The number of amides is 1. The highest BCUT2D eigenvalue weighted by Crippen LogP contribution is 2.55. The van der Waals surface area contributed by atoms with Crippen LogP contribution in [0, 0.1) is 36.4 Å². The number of benzene rings is 3. The predicted molar refractivity (Wildman–Crippen MR) is 308 cm³/mol. The van der Waals surface area contributed by atoms with Crippen molar-refractivity contribution in [1.29, 1.82) is 0 Å². The Bertz CT molecular complexity index is 3440. The average Bonchev–Trinajstić information content (AvgIpc) is 2.44. The molecule has 10 atom stereocenters. The van der Waals surface area contributed by atoms with Gasteiger partial charge in [-0.05, 0) is 84.3 Å². The number of hydrogen-bond acceptors (Lipinski definition) is 18. The molecule has 446 valence electrons. The Balaban J connectivity index is 1.16. The number of aromatic hydroxyl groups is 3. The number of carboxylic acid groups (broad SMARTS) is 1. The molecule has 1 unspecified atom stereocenters. The molecule has 3 fully saturated rings. The fourth-order valence-electron chi connectivity index (χ4n) is 12.3. The van der Waals surface area contributed by atoms with E-state index in [0.29, 0.717) is 44.4 Å². The number of aromatic carboxylic acids is 1. The van der Waals surface area contributed by atoms with Crippen LogP contribution in [-0.4, -0.2) is 158 Å². The number of pyridine rings is 1. The summed E-state index contributed by atoms with van der Waals surface area (Å²) in [5.41, 5.74) is -1.36. The van der Waals surface area contributed by atoms with E-state index < -0.39 is 118 Å². The monoisotopic (exact) mass is 1150 g/mol. The first-order chi connectivity index (χ1) is 39.3. The van der Waals surface area contributed by atoms with Gasteiger partial charge >= 0.3 is 17.7 Å². The number of carboxylic acids is 1. The number of aliphatic hydroxyl groups excluding tert-OH is 2. The highest BCUT2D eigenvalue weighted by Gasteiger charge is 2.50. The van der Waals surface area contributed by atoms with E-state index in [1.165, 1.54) is 65.6 Å². The molecule has 7 N–H and O–H groups in total. The molecule has 1 aliphatic carbocycles. The van der Waals surface area contributed by atoms with Crippen molar-refractivity contribution in [1.82, 2.24) is 14.5 Å². The average molecular weight is 1150 g/mol. The number of carbonyl (C=O) groups excluding carboxylic acids is 3. The molecular formula is C61H75FN6O15. The number of aromatic nitrogens is 1. The van der Waals surface area contributed by atoms with Crippen molar-refractivity contribution in [2.75, 3.05) is 50.6 Å². The quantitative estimate of drug-likeness (QED) is 0.0286. The van der Waals surface area contributed by atoms with Crippen LogP contribution in [0.25, 0.3) is 21.7 Å². The second kappa shape index (κ2) is 23.6. The molecule has 10 rings (SSSR count). The van der Waals surface area contributed by atoms with E-state index >= 15 is 4.39 Å². The van der Waals surface area contributed by atoms with Gasteiger partial charge < -0.3 is 69.3 Å². The lowest BCUT2D eigenvalue weighted by Crippen LogP contribution is -2.46. The lowest BCUT2D eigenvalue weighted by Gasteiger charge is -2.39.